The Bertz CT molecular complexity index is 609. The topological polar surface area (TPSA) is 45.4 Å². The minimum absolute atomic E-state index is 0.366. The van der Waals surface area contributed by atoms with Gasteiger partial charge < -0.3 is 4.84 Å². The minimum Gasteiger partial charge on any atom is -0.390 e. The maximum absolute atomic E-state index is 8.68. The molecule has 0 spiro atoms. The molecule has 0 atom stereocenters. The smallest absolute Gasteiger partial charge is 0.142 e. The van der Waals surface area contributed by atoms with Crippen LogP contribution < -0.4 is 0 Å². The van der Waals surface area contributed by atoms with Gasteiger partial charge in [-0.25, -0.2) is 0 Å². The quantitative estimate of drug-likeness (QED) is 0.616. The largest absolute Gasteiger partial charge is 0.390 e. The Labute approximate surface area is 112 Å². The van der Waals surface area contributed by atoms with Crippen molar-refractivity contribution in [1.82, 2.24) is 0 Å². The van der Waals surface area contributed by atoms with Gasteiger partial charge >= 0.3 is 0 Å². The van der Waals surface area contributed by atoms with Gasteiger partial charge in [-0.1, -0.05) is 41.1 Å². The van der Waals surface area contributed by atoms with E-state index in [4.69, 9.17) is 10.1 Å². The highest BCUT2D eigenvalue weighted by Crippen LogP contribution is 2.05. The zero-order valence-electron chi connectivity index (χ0n) is 10.6. The van der Waals surface area contributed by atoms with Gasteiger partial charge in [0.1, 0.15) is 12.8 Å². The van der Waals surface area contributed by atoms with Gasteiger partial charge in [-0.05, 0) is 30.7 Å². The summed E-state index contributed by atoms with van der Waals surface area (Å²) in [5.74, 6) is 0. The van der Waals surface area contributed by atoms with E-state index in [2.05, 4.69) is 17.4 Å². The summed E-state index contributed by atoms with van der Waals surface area (Å²) < 4.78 is 0. The molecule has 0 heterocycles. The number of benzene rings is 2. The van der Waals surface area contributed by atoms with Crippen LogP contribution in [-0.2, 0) is 11.4 Å². The first-order valence-corrected chi connectivity index (χ1v) is 5.91. The predicted octanol–water partition coefficient (Wildman–Crippen LogP) is 3.29. The van der Waals surface area contributed by atoms with Crippen LogP contribution in [0.4, 0.5) is 0 Å². The maximum Gasteiger partial charge on any atom is 0.142 e. The molecule has 0 fully saturated rings. The average molecular weight is 249 g/mol. The molecule has 0 aliphatic rings. The highest BCUT2D eigenvalue weighted by molar-refractivity contribution is 5.79. The monoisotopic (exact) mass is 249 g/mol. The van der Waals surface area contributed by atoms with E-state index >= 15 is 0 Å². The molecule has 2 rings (SSSR count). The zero-order valence-corrected chi connectivity index (χ0v) is 10.6. The molecule has 0 aliphatic carbocycles. The van der Waals surface area contributed by atoms with Gasteiger partial charge in [0.25, 0.3) is 0 Å². The first-order valence-electron chi connectivity index (χ1n) is 5.91. The molecule has 1 radical (unpaired) electrons. The van der Waals surface area contributed by atoms with Gasteiger partial charge in [-0.2, -0.15) is 5.26 Å². The highest BCUT2D eigenvalue weighted by atomic mass is 16.6. The zero-order chi connectivity index (χ0) is 13.5. The van der Waals surface area contributed by atoms with E-state index in [0.717, 1.165) is 16.7 Å². The molecule has 19 heavy (non-hydrogen) atoms. The lowest BCUT2D eigenvalue weighted by atomic mass is 10.2. The van der Waals surface area contributed by atoms with E-state index in [1.165, 1.54) is 0 Å². The van der Waals surface area contributed by atoms with Crippen LogP contribution >= 0.6 is 0 Å². The molecular weight excluding hydrogens is 236 g/mol. The summed E-state index contributed by atoms with van der Waals surface area (Å²) in [6, 6.07) is 17.1. The Hall–Kier alpha value is -2.60. The van der Waals surface area contributed by atoms with E-state index < -0.39 is 0 Å². The molecule has 2 aromatic rings. The number of rotatable bonds is 4. The van der Waals surface area contributed by atoms with Gasteiger partial charge in [0.15, 0.2) is 0 Å². The fourth-order valence-electron chi connectivity index (χ4n) is 1.58. The van der Waals surface area contributed by atoms with Gasteiger partial charge in [0, 0.05) is 5.56 Å². The molecule has 3 nitrogen and oxygen atoms in total. The molecular formula is C16H13N2O. The Morgan fingerprint density at radius 3 is 2.58 bits per heavy atom. The van der Waals surface area contributed by atoms with Gasteiger partial charge in [0.05, 0.1) is 11.6 Å². The van der Waals surface area contributed by atoms with Crippen molar-refractivity contribution in [3.05, 3.63) is 70.8 Å². The van der Waals surface area contributed by atoms with Gasteiger partial charge in [-0.15, -0.1) is 0 Å². The van der Waals surface area contributed by atoms with E-state index in [1.807, 2.05) is 43.3 Å². The average Bonchev–Trinajstić information content (AvgIpc) is 2.44. The second-order valence-electron chi connectivity index (χ2n) is 4.15. The third kappa shape index (κ3) is 3.97. The van der Waals surface area contributed by atoms with Gasteiger partial charge in [-0.3, -0.25) is 0 Å². The van der Waals surface area contributed by atoms with Crippen molar-refractivity contribution in [3.8, 4) is 6.07 Å². The first-order chi connectivity index (χ1) is 9.28. The normalized spacial score (nSPS) is 10.3. The van der Waals surface area contributed by atoms with Gasteiger partial charge in [0.2, 0.25) is 0 Å². The molecule has 0 aromatic heterocycles. The number of hydrogen-bond acceptors (Lipinski definition) is 3. The molecule has 0 saturated heterocycles. The molecule has 0 N–H and O–H groups in total. The van der Waals surface area contributed by atoms with Crippen LogP contribution in [0.5, 0.6) is 0 Å². The number of aryl methyl sites for hydroxylation is 1. The van der Waals surface area contributed by atoms with Crippen molar-refractivity contribution in [3.63, 3.8) is 0 Å². The lowest BCUT2D eigenvalue weighted by Gasteiger charge is -1.99. The molecule has 0 aliphatic heterocycles. The van der Waals surface area contributed by atoms with Crippen LogP contribution in [-0.4, -0.2) is 6.21 Å². The van der Waals surface area contributed by atoms with Crippen molar-refractivity contribution in [1.29, 1.82) is 5.26 Å². The molecule has 0 bridgehead atoms. The van der Waals surface area contributed by atoms with Crippen LogP contribution in [0.2, 0.25) is 0 Å². The summed E-state index contributed by atoms with van der Waals surface area (Å²) in [6.45, 7) is 2.38. The molecule has 0 unspecified atom stereocenters. The summed E-state index contributed by atoms with van der Waals surface area (Å²) in [7, 11) is 0. The number of hydrogen-bond donors (Lipinski definition) is 0. The SMILES string of the molecule is Cc1cccc(/[C]=N\OCc2ccc(C#N)cc2)c1. The summed E-state index contributed by atoms with van der Waals surface area (Å²) in [5, 5.41) is 12.5. The fourth-order valence-corrected chi connectivity index (χ4v) is 1.58. The third-order valence-corrected chi connectivity index (χ3v) is 2.57. The lowest BCUT2D eigenvalue weighted by Crippen LogP contribution is -1.89. The maximum atomic E-state index is 8.68. The summed E-state index contributed by atoms with van der Waals surface area (Å²) in [6.07, 6.45) is 2.83. The minimum atomic E-state index is 0.366. The summed E-state index contributed by atoms with van der Waals surface area (Å²) in [5.41, 5.74) is 3.65. The number of nitriles is 1. The molecule has 2 aromatic carbocycles. The van der Waals surface area contributed by atoms with Crippen LogP contribution in [0.15, 0.2) is 53.7 Å². The lowest BCUT2D eigenvalue weighted by molar-refractivity contribution is 0.132. The van der Waals surface area contributed by atoms with Crippen LogP contribution in [0.3, 0.4) is 0 Å². The standard InChI is InChI=1S/C16H13N2O/c1-13-3-2-4-16(9-13)11-18-19-12-15-7-5-14(10-17)6-8-15/h2-9H,12H2,1H3. The Morgan fingerprint density at radius 1 is 1.11 bits per heavy atom. The van der Waals surface area contributed by atoms with Crippen LogP contribution in [0, 0.1) is 18.3 Å². The van der Waals surface area contributed by atoms with Crippen molar-refractivity contribution < 1.29 is 4.84 Å². The van der Waals surface area contributed by atoms with Crippen molar-refractivity contribution >= 4 is 6.21 Å². The molecule has 0 amide bonds. The Balaban J connectivity index is 1.87. The fraction of sp³-hybridized carbons (Fsp3) is 0.125. The second-order valence-corrected chi connectivity index (χ2v) is 4.15. The van der Waals surface area contributed by atoms with E-state index in [0.29, 0.717) is 12.2 Å². The Kier molecular flexibility index (Phi) is 4.30. The van der Waals surface area contributed by atoms with E-state index in [9.17, 15) is 0 Å². The summed E-state index contributed by atoms with van der Waals surface area (Å²) in [4.78, 5) is 5.17. The Morgan fingerprint density at radius 2 is 1.89 bits per heavy atom. The van der Waals surface area contributed by atoms with E-state index in [1.54, 1.807) is 12.1 Å². The predicted molar refractivity (Wildman–Crippen MR) is 73.7 cm³/mol. The van der Waals surface area contributed by atoms with Crippen LogP contribution in [0.25, 0.3) is 0 Å². The number of nitrogens with zero attached hydrogens (tertiary/aromatic N) is 2. The molecule has 3 heteroatoms. The second kappa shape index (κ2) is 6.36. The third-order valence-electron chi connectivity index (χ3n) is 2.57. The molecule has 0 saturated carbocycles. The summed E-state index contributed by atoms with van der Waals surface area (Å²) >= 11 is 0. The molecule has 93 valence electrons. The van der Waals surface area contributed by atoms with Crippen LogP contribution in [0.1, 0.15) is 22.3 Å². The first kappa shape index (κ1) is 12.8. The highest BCUT2D eigenvalue weighted by Gasteiger charge is 1.94. The van der Waals surface area contributed by atoms with Crippen molar-refractivity contribution in [2.45, 2.75) is 13.5 Å². The van der Waals surface area contributed by atoms with Crippen molar-refractivity contribution in [2.24, 2.45) is 5.16 Å². The van der Waals surface area contributed by atoms with Crippen molar-refractivity contribution in [2.75, 3.05) is 0 Å². The van der Waals surface area contributed by atoms with E-state index in [-0.39, 0.29) is 0 Å².